The Morgan fingerprint density at radius 3 is 2.84 bits per heavy atom. The number of aromatic nitrogens is 2. The largest absolute Gasteiger partial charge is 0.478 e. The van der Waals surface area contributed by atoms with Gasteiger partial charge in [0, 0.05) is 11.4 Å². The maximum absolute atomic E-state index is 11.3. The van der Waals surface area contributed by atoms with E-state index in [-0.39, 0.29) is 5.56 Å². The molecule has 2 N–H and O–H groups in total. The van der Waals surface area contributed by atoms with E-state index in [9.17, 15) is 9.90 Å². The molecule has 0 unspecified atom stereocenters. The lowest BCUT2D eigenvalue weighted by Crippen LogP contribution is -2.14. The van der Waals surface area contributed by atoms with Crippen LogP contribution in [0.3, 0.4) is 0 Å². The van der Waals surface area contributed by atoms with Gasteiger partial charge in [0.05, 0.1) is 5.69 Å². The quantitative estimate of drug-likeness (QED) is 0.878. The zero-order valence-corrected chi connectivity index (χ0v) is 11.6. The minimum atomic E-state index is -0.978. The first-order valence-electron chi connectivity index (χ1n) is 5.93. The number of nitrogens with zero attached hydrogens (tertiary/aromatic N) is 2. The molecule has 0 aliphatic heterocycles. The summed E-state index contributed by atoms with van der Waals surface area (Å²) in [5.41, 5.74) is 1.50. The Balaban J connectivity index is 2.11. The second kappa shape index (κ2) is 5.79. The van der Waals surface area contributed by atoms with Gasteiger partial charge in [-0.2, -0.15) is 5.10 Å². The summed E-state index contributed by atoms with van der Waals surface area (Å²) in [6.07, 6.45) is 0.839. The van der Waals surface area contributed by atoms with Gasteiger partial charge in [0.25, 0.3) is 0 Å². The maximum atomic E-state index is 11.3. The van der Waals surface area contributed by atoms with E-state index in [1.54, 1.807) is 25.2 Å². The third kappa shape index (κ3) is 3.08. The van der Waals surface area contributed by atoms with Crippen molar-refractivity contribution in [3.63, 3.8) is 0 Å². The van der Waals surface area contributed by atoms with Gasteiger partial charge in [-0.25, -0.2) is 4.79 Å². The molecule has 2 aromatic heterocycles. The summed E-state index contributed by atoms with van der Waals surface area (Å²) in [4.78, 5) is 12.5. The number of hydrogen-bond acceptors (Lipinski definition) is 5. The van der Waals surface area contributed by atoms with E-state index >= 15 is 0 Å². The zero-order chi connectivity index (χ0) is 13.8. The average Bonchev–Trinajstić information content (AvgIpc) is 2.86. The molecule has 0 atom stereocenters. The molecule has 6 heteroatoms. The van der Waals surface area contributed by atoms with Crippen molar-refractivity contribution >= 4 is 23.1 Å². The fraction of sp³-hybridized carbons (Fsp3) is 0.308. The number of carboxylic acid groups (broad SMARTS) is 1. The van der Waals surface area contributed by atoms with E-state index in [0.29, 0.717) is 23.6 Å². The highest BCUT2D eigenvalue weighted by Gasteiger charge is 2.17. The van der Waals surface area contributed by atoms with E-state index in [4.69, 9.17) is 0 Å². The first kappa shape index (κ1) is 13.5. The van der Waals surface area contributed by atoms with Crippen molar-refractivity contribution in [2.24, 2.45) is 0 Å². The van der Waals surface area contributed by atoms with E-state index < -0.39 is 5.97 Å². The van der Waals surface area contributed by atoms with Gasteiger partial charge in [0.2, 0.25) is 0 Å². The Kier molecular flexibility index (Phi) is 4.11. The molecule has 2 aromatic rings. The van der Waals surface area contributed by atoms with Crippen LogP contribution in [0.2, 0.25) is 0 Å². The van der Waals surface area contributed by atoms with Crippen molar-refractivity contribution in [3.05, 3.63) is 39.2 Å². The minimum Gasteiger partial charge on any atom is -0.478 e. The van der Waals surface area contributed by atoms with Crippen LogP contribution in [0.25, 0.3) is 0 Å². The third-order valence-electron chi connectivity index (χ3n) is 2.91. The molecule has 5 nitrogen and oxygen atoms in total. The molecular weight excluding hydrogens is 262 g/mol. The number of thiophene rings is 1. The number of aromatic carboxylic acids is 1. The van der Waals surface area contributed by atoms with Crippen molar-refractivity contribution in [2.75, 3.05) is 11.9 Å². The topological polar surface area (TPSA) is 75.1 Å². The molecule has 2 heterocycles. The van der Waals surface area contributed by atoms with Crippen molar-refractivity contribution in [1.29, 1.82) is 0 Å². The van der Waals surface area contributed by atoms with Crippen molar-refractivity contribution in [2.45, 2.75) is 20.3 Å². The number of aryl methyl sites for hydroxylation is 1. The smallest absolute Gasteiger partial charge is 0.339 e. The van der Waals surface area contributed by atoms with Crippen LogP contribution in [-0.2, 0) is 6.42 Å². The SMILES string of the molecule is Cc1nnc(NCCc2cccs2)c(C(=O)O)c1C. The Labute approximate surface area is 115 Å². The van der Waals surface area contributed by atoms with Gasteiger partial charge in [0.15, 0.2) is 5.82 Å². The summed E-state index contributed by atoms with van der Waals surface area (Å²) < 4.78 is 0. The molecule has 0 spiro atoms. The van der Waals surface area contributed by atoms with Gasteiger partial charge in [-0.05, 0) is 37.3 Å². The van der Waals surface area contributed by atoms with Crippen LogP contribution in [0.15, 0.2) is 17.5 Å². The van der Waals surface area contributed by atoms with Crippen molar-refractivity contribution < 1.29 is 9.90 Å². The van der Waals surface area contributed by atoms with Gasteiger partial charge in [-0.3, -0.25) is 0 Å². The van der Waals surface area contributed by atoms with E-state index in [1.165, 1.54) is 4.88 Å². The molecule has 100 valence electrons. The summed E-state index contributed by atoms with van der Waals surface area (Å²) in [6, 6.07) is 4.05. The number of anilines is 1. The van der Waals surface area contributed by atoms with Crippen LogP contribution in [0, 0.1) is 13.8 Å². The second-order valence-corrected chi connectivity index (χ2v) is 5.23. The summed E-state index contributed by atoms with van der Waals surface area (Å²) in [5, 5.41) is 22.2. The standard InChI is InChI=1S/C13H15N3O2S/c1-8-9(2)15-16-12(11(8)13(17)18)14-6-5-10-4-3-7-19-10/h3-4,7H,5-6H2,1-2H3,(H,14,16)(H,17,18). The lowest BCUT2D eigenvalue weighted by Gasteiger charge is -2.10. The monoisotopic (exact) mass is 277 g/mol. The molecular formula is C13H15N3O2S. The number of rotatable bonds is 5. The highest BCUT2D eigenvalue weighted by Crippen LogP contribution is 2.18. The van der Waals surface area contributed by atoms with Crippen LogP contribution in [-0.4, -0.2) is 27.8 Å². The highest BCUT2D eigenvalue weighted by molar-refractivity contribution is 7.09. The minimum absolute atomic E-state index is 0.207. The third-order valence-corrected chi connectivity index (χ3v) is 3.85. The van der Waals surface area contributed by atoms with Crippen LogP contribution in [0.1, 0.15) is 26.5 Å². The Morgan fingerprint density at radius 1 is 1.42 bits per heavy atom. The molecule has 0 amide bonds. The van der Waals surface area contributed by atoms with Crippen molar-refractivity contribution in [3.8, 4) is 0 Å². The van der Waals surface area contributed by atoms with Crippen LogP contribution in [0.5, 0.6) is 0 Å². The van der Waals surface area contributed by atoms with Crippen LogP contribution >= 0.6 is 11.3 Å². The van der Waals surface area contributed by atoms with Gasteiger partial charge in [0.1, 0.15) is 5.56 Å². The predicted octanol–water partition coefficient (Wildman–Crippen LogP) is 2.51. The van der Waals surface area contributed by atoms with Gasteiger partial charge in [-0.15, -0.1) is 16.4 Å². The lowest BCUT2D eigenvalue weighted by atomic mass is 10.1. The van der Waals surface area contributed by atoms with E-state index in [0.717, 1.165) is 6.42 Å². The molecule has 0 saturated carbocycles. The van der Waals surface area contributed by atoms with Gasteiger partial charge in [-0.1, -0.05) is 6.07 Å². The fourth-order valence-corrected chi connectivity index (χ4v) is 2.46. The molecule has 19 heavy (non-hydrogen) atoms. The fourth-order valence-electron chi connectivity index (χ4n) is 1.75. The lowest BCUT2D eigenvalue weighted by molar-refractivity contribution is 0.0696. The summed E-state index contributed by atoms with van der Waals surface area (Å²) in [7, 11) is 0. The summed E-state index contributed by atoms with van der Waals surface area (Å²) >= 11 is 1.68. The van der Waals surface area contributed by atoms with Gasteiger partial charge < -0.3 is 10.4 Å². The first-order valence-corrected chi connectivity index (χ1v) is 6.81. The van der Waals surface area contributed by atoms with Gasteiger partial charge >= 0.3 is 5.97 Å². The second-order valence-electron chi connectivity index (χ2n) is 4.20. The average molecular weight is 277 g/mol. The number of carboxylic acids is 1. The normalized spacial score (nSPS) is 10.4. The molecule has 0 aromatic carbocycles. The molecule has 0 fully saturated rings. The number of hydrogen-bond donors (Lipinski definition) is 2. The van der Waals surface area contributed by atoms with E-state index in [1.807, 2.05) is 11.4 Å². The first-order chi connectivity index (χ1) is 9.09. The van der Waals surface area contributed by atoms with Crippen LogP contribution < -0.4 is 5.32 Å². The maximum Gasteiger partial charge on any atom is 0.339 e. The highest BCUT2D eigenvalue weighted by atomic mass is 32.1. The molecule has 0 saturated heterocycles. The molecule has 0 bridgehead atoms. The molecule has 0 radical (unpaired) electrons. The summed E-state index contributed by atoms with van der Waals surface area (Å²) in [5.74, 6) is -0.638. The molecule has 2 rings (SSSR count). The zero-order valence-electron chi connectivity index (χ0n) is 10.8. The Hall–Kier alpha value is -1.95. The molecule has 0 aliphatic carbocycles. The van der Waals surface area contributed by atoms with Crippen LogP contribution in [0.4, 0.5) is 5.82 Å². The number of carbonyl (C=O) groups is 1. The molecule has 0 aliphatic rings. The summed E-state index contributed by atoms with van der Waals surface area (Å²) in [6.45, 7) is 4.14. The van der Waals surface area contributed by atoms with E-state index in [2.05, 4.69) is 21.6 Å². The Morgan fingerprint density at radius 2 is 2.21 bits per heavy atom. The van der Waals surface area contributed by atoms with Crippen molar-refractivity contribution in [1.82, 2.24) is 10.2 Å². The Bertz CT molecular complexity index is 582. The predicted molar refractivity (Wildman–Crippen MR) is 75.0 cm³/mol. The number of nitrogens with one attached hydrogen (secondary N) is 1.